The number of nitrogens with zero attached hydrogens (tertiary/aromatic N) is 1. The summed E-state index contributed by atoms with van der Waals surface area (Å²) in [6, 6.07) is 1.21. The molecule has 6 nitrogen and oxygen atoms in total. The summed E-state index contributed by atoms with van der Waals surface area (Å²) in [6.07, 6.45) is 4.60. The van der Waals surface area contributed by atoms with Crippen molar-refractivity contribution in [3.05, 3.63) is 28.6 Å². The van der Waals surface area contributed by atoms with E-state index in [1.54, 1.807) is 6.08 Å². The smallest absolute Gasteiger partial charge is 0.246 e. The maximum absolute atomic E-state index is 12.4. The topological polar surface area (TPSA) is 88.5 Å². The molecular weight excluding hydrogens is 348 g/mol. The number of ether oxygens (including phenoxy) is 1. The van der Waals surface area contributed by atoms with Gasteiger partial charge in [0.25, 0.3) is 0 Å². The zero-order valence-electron chi connectivity index (χ0n) is 10.8. The SMILES string of the molecule is COc1ncc(Br)cc1S(=O)(=O)N[C@@H]1CC=C(O)CC1. The van der Waals surface area contributed by atoms with E-state index in [0.717, 1.165) is 0 Å². The van der Waals surface area contributed by atoms with Gasteiger partial charge >= 0.3 is 0 Å². The number of rotatable bonds is 4. The summed E-state index contributed by atoms with van der Waals surface area (Å²) in [5.74, 6) is 0.358. The zero-order valence-corrected chi connectivity index (χ0v) is 13.2. The first kappa shape index (κ1) is 15.3. The van der Waals surface area contributed by atoms with Gasteiger partial charge in [-0.05, 0) is 40.9 Å². The summed E-state index contributed by atoms with van der Waals surface area (Å²) in [5, 5.41) is 9.31. The number of hydrogen-bond acceptors (Lipinski definition) is 5. The second-order valence-electron chi connectivity index (χ2n) is 4.45. The quantitative estimate of drug-likeness (QED) is 0.856. The summed E-state index contributed by atoms with van der Waals surface area (Å²) in [6.45, 7) is 0. The summed E-state index contributed by atoms with van der Waals surface area (Å²) in [4.78, 5) is 3.92. The average molecular weight is 363 g/mol. The van der Waals surface area contributed by atoms with Gasteiger partial charge in [-0.15, -0.1) is 0 Å². The second kappa shape index (κ2) is 6.11. The zero-order chi connectivity index (χ0) is 14.8. The van der Waals surface area contributed by atoms with Crippen molar-refractivity contribution in [2.45, 2.75) is 30.2 Å². The van der Waals surface area contributed by atoms with Crippen molar-refractivity contribution < 1.29 is 18.3 Å². The number of halogens is 1. The summed E-state index contributed by atoms with van der Waals surface area (Å²) >= 11 is 3.20. The number of allylic oxidation sites excluding steroid dienone is 1. The Balaban J connectivity index is 2.24. The minimum Gasteiger partial charge on any atom is -0.513 e. The minimum atomic E-state index is -3.72. The van der Waals surface area contributed by atoms with Crippen LogP contribution in [0.1, 0.15) is 19.3 Å². The van der Waals surface area contributed by atoms with Gasteiger partial charge < -0.3 is 9.84 Å². The van der Waals surface area contributed by atoms with E-state index in [1.165, 1.54) is 19.4 Å². The van der Waals surface area contributed by atoms with E-state index in [0.29, 0.717) is 29.5 Å². The minimum absolute atomic E-state index is 0.00634. The lowest BCUT2D eigenvalue weighted by molar-refractivity contribution is 0.352. The van der Waals surface area contributed by atoms with Gasteiger partial charge in [0, 0.05) is 23.1 Å². The van der Waals surface area contributed by atoms with Crippen molar-refractivity contribution >= 4 is 26.0 Å². The van der Waals surface area contributed by atoms with Crippen molar-refractivity contribution in [2.24, 2.45) is 0 Å². The molecule has 1 aliphatic rings. The monoisotopic (exact) mass is 362 g/mol. The van der Waals surface area contributed by atoms with E-state index in [4.69, 9.17) is 4.74 Å². The highest BCUT2D eigenvalue weighted by molar-refractivity contribution is 9.10. The van der Waals surface area contributed by atoms with Crippen molar-refractivity contribution in [2.75, 3.05) is 7.11 Å². The molecule has 1 heterocycles. The highest BCUT2D eigenvalue weighted by Crippen LogP contribution is 2.26. The normalized spacial score (nSPS) is 19.5. The third-order valence-corrected chi connectivity index (χ3v) is 4.93. The first-order valence-corrected chi connectivity index (χ1v) is 8.30. The molecule has 0 amide bonds. The summed E-state index contributed by atoms with van der Waals surface area (Å²) in [7, 11) is -2.35. The van der Waals surface area contributed by atoms with Crippen LogP contribution < -0.4 is 9.46 Å². The fraction of sp³-hybridized carbons (Fsp3) is 0.417. The molecule has 1 aromatic heterocycles. The Morgan fingerprint density at radius 3 is 2.90 bits per heavy atom. The predicted molar refractivity (Wildman–Crippen MR) is 77.2 cm³/mol. The standard InChI is InChI=1S/C12H15BrN2O4S/c1-19-12-11(6-8(13)7-14-12)20(17,18)15-9-2-4-10(16)5-3-9/h4,6-7,9,15-16H,2-3,5H2,1H3/t9-/m1/s1. The number of aliphatic hydroxyl groups is 1. The second-order valence-corrected chi connectivity index (χ2v) is 7.05. The first-order valence-electron chi connectivity index (χ1n) is 6.02. The fourth-order valence-corrected chi connectivity index (χ4v) is 3.87. The number of aromatic nitrogens is 1. The molecule has 0 bridgehead atoms. The van der Waals surface area contributed by atoms with E-state index in [-0.39, 0.29) is 16.8 Å². The van der Waals surface area contributed by atoms with Gasteiger partial charge in [-0.1, -0.05) is 0 Å². The fourth-order valence-electron chi connectivity index (χ4n) is 1.96. The van der Waals surface area contributed by atoms with Crippen LogP contribution in [0.15, 0.2) is 33.5 Å². The third-order valence-electron chi connectivity index (χ3n) is 2.98. The molecular formula is C12H15BrN2O4S. The predicted octanol–water partition coefficient (Wildman–Crippen LogP) is 2.13. The Kier molecular flexibility index (Phi) is 4.66. The maximum Gasteiger partial charge on any atom is 0.246 e. The van der Waals surface area contributed by atoms with E-state index in [2.05, 4.69) is 25.6 Å². The number of methoxy groups -OCH3 is 1. The first-order chi connectivity index (χ1) is 9.42. The Morgan fingerprint density at radius 1 is 1.55 bits per heavy atom. The highest BCUT2D eigenvalue weighted by Gasteiger charge is 2.25. The summed E-state index contributed by atoms with van der Waals surface area (Å²) < 4.78 is 32.9. The van der Waals surface area contributed by atoms with Crippen molar-refractivity contribution in [3.63, 3.8) is 0 Å². The van der Waals surface area contributed by atoms with Crippen LogP contribution in [0, 0.1) is 0 Å². The van der Waals surface area contributed by atoms with Gasteiger partial charge in [-0.3, -0.25) is 0 Å². The van der Waals surface area contributed by atoms with E-state index in [1.807, 2.05) is 0 Å². The van der Waals surface area contributed by atoms with Gasteiger partial charge in [0.1, 0.15) is 4.90 Å². The molecule has 0 unspecified atom stereocenters. The molecule has 0 fully saturated rings. The number of aliphatic hydroxyl groups excluding tert-OH is 1. The lowest BCUT2D eigenvalue weighted by atomic mass is 10.0. The van der Waals surface area contributed by atoms with Gasteiger partial charge in [0.15, 0.2) is 0 Å². The molecule has 0 spiro atoms. The van der Waals surface area contributed by atoms with Crippen LogP contribution in [0.5, 0.6) is 5.88 Å². The maximum atomic E-state index is 12.4. The number of pyridine rings is 1. The molecule has 0 aliphatic heterocycles. The van der Waals surface area contributed by atoms with Crippen LogP contribution in [-0.4, -0.2) is 31.7 Å². The number of sulfonamides is 1. The van der Waals surface area contributed by atoms with Crippen LogP contribution in [0.4, 0.5) is 0 Å². The molecule has 0 radical (unpaired) electrons. The number of nitrogens with one attached hydrogen (secondary N) is 1. The lowest BCUT2D eigenvalue weighted by Crippen LogP contribution is -2.36. The van der Waals surface area contributed by atoms with E-state index >= 15 is 0 Å². The van der Waals surface area contributed by atoms with Gasteiger partial charge in [0.2, 0.25) is 15.9 Å². The molecule has 0 saturated heterocycles. The van der Waals surface area contributed by atoms with E-state index in [9.17, 15) is 13.5 Å². The molecule has 0 aromatic carbocycles. The van der Waals surface area contributed by atoms with Gasteiger partial charge in [0.05, 0.1) is 12.9 Å². The number of hydrogen-bond donors (Lipinski definition) is 2. The molecule has 8 heteroatoms. The van der Waals surface area contributed by atoms with Crippen molar-refractivity contribution in [1.29, 1.82) is 0 Å². The van der Waals surface area contributed by atoms with Crippen LogP contribution in [0.2, 0.25) is 0 Å². The van der Waals surface area contributed by atoms with Crippen LogP contribution >= 0.6 is 15.9 Å². The molecule has 2 rings (SSSR count). The van der Waals surface area contributed by atoms with Gasteiger partial charge in [-0.2, -0.15) is 0 Å². The largest absolute Gasteiger partial charge is 0.513 e. The highest BCUT2D eigenvalue weighted by atomic mass is 79.9. The molecule has 20 heavy (non-hydrogen) atoms. The van der Waals surface area contributed by atoms with Crippen molar-refractivity contribution in [3.8, 4) is 5.88 Å². The third kappa shape index (κ3) is 3.50. The Hall–Kier alpha value is -1.12. The van der Waals surface area contributed by atoms with Gasteiger partial charge in [-0.25, -0.2) is 18.1 Å². The molecule has 1 atom stereocenters. The molecule has 0 saturated carbocycles. The molecule has 2 N–H and O–H groups in total. The van der Waals surface area contributed by atoms with Crippen molar-refractivity contribution in [1.82, 2.24) is 9.71 Å². The Labute approximate surface area is 126 Å². The van der Waals surface area contributed by atoms with E-state index < -0.39 is 10.0 Å². The van der Waals surface area contributed by atoms with Crippen LogP contribution in [0.25, 0.3) is 0 Å². The Bertz CT molecular complexity index is 630. The Morgan fingerprint density at radius 2 is 2.30 bits per heavy atom. The molecule has 1 aliphatic carbocycles. The van der Waals surface area contributed by atoms with Crippen LogP contribution in [0.3, 0.4) is 0 Å². The summed E-state index contributed by atoms with van der Waals surface area (Å²) in [5.41, 5.74) is 0. The van der Waals surface area contributed by atoms with Crippen LogP contribution in [-0.2, 0) is 10.0 Å². The lowest BCUT2D eigenvalue weighted by Gasteiger charge is -2.21. The average Bonchev–Trinajstić information content (AvgIpc) is 2.41. The molecule has 1 aromatic rings. The molecule has 110 valence electrons.